The van der Waals surface area contributed by atoms with Crippen molar-refractivity contribution in [3.8, 4) is 12.3 Å². The lowest BCUT2D eigenvalue weighted by molar-refractivity contribution is 0.424. The number of nitrogens with one attached hydrogen (secondary N) is 1. The first-order valence-electron chi connectivity index (χ1n) is 3.21. The maximum atomic E-state index is 9.30. The number of aliphatic hydroxyl groups excluding tert-OH is 1. The minimum absolute atomic E-state index is 0.00463. The van der Waals surface area contributed by atoms with Crippen LogP contribution >= 0.6 is 0 Å². The molecule has 0 aliphatic rings. The van der Waals surface area contributed by atoms with E-state index in [0.717, 1.165) is 6.21 Å². The molecule has 0 atom stereocenters. The van der Waals surface area contributed by atoms with E-state index < -0.39 is 0 Å². The topological polar surface area (TPSA) is 44.1 Å². The summed E-state index contributed by atoms with van der Waals surface area (Å²) in [6.45, 7) is 3.36. The van der Waals surface area contributed by atoms with Crippen molar-refractivity contribution >= 4 is 6.21 Å². The molecule has 0 fully saturated rings. The van der Waals surface area contributed by atoms with Crippen LogP contribution in [0.3, 0.4) is 0 Å². The molecule has 2 heteroatoms. The molecule has 0 aliphatic heterocycles. The molecule has 0 rings (SSSR count). The number of terminal acetylenes is 1. The van der Waals surface area contributed by atoms with E-state index in [1.165, 1.54) is 0 Å². The maximum Gasteiger partial charge on any atom is 0.135 e. The molecule has 0 spiro atoms. The fourth-order valence-electron chi connectivity index (χ4n) is 0.573. The molecule has 0 aromatic heterocycles. The molecule has 2 nitrogen and oxygen atoms in total. The van der Waals surface area contributed by atoms with Gasteiger partial charge < -0.3 is 10.5 Å². The first-order chi connectivity index (χ1) is 5.17. The van der Waals surface area contributed by atoms with Gasteiger partial charge in [0.2, 0.25) is 0 Å². The lowest BCUT2D eigenvalue weighted by atomic mass is 10.1. The van der Waals surface area contributed by atoms with Crippen LogP contribution in [0.1, 0.15) is 13.8 Å². The Morgan fingerprint density at radius 1 is 1.64 bits per heavy atom. The first-order valence-corrected chi connectivity index (χ1v) is 3.21. The summed E-state index contributed by atoms with van der Waals surface area (Å²) < 4.78 is 0. The highest BCUT2D eigenvalue weighted by Gasteiger charge is 2.00. The van der Waals surface area contributed by atoms with Crippen LogP contribution in [0.2, 0.25) is 0 Å². The van der Waals surface area contributed by atoms with Gasteiger partial charge in [0.15, 0.2) is 0 Å². The number of hydrogen-bond acceptors (Lipinski definition) is 2. The van der Waals surface area contributed by atoms with Gasteiger partial charge in [-0.2, -0.15) is 0 Å². The molecule has 0 bridgehead atoms. The van der Waals surface area contributed by atoms with Crippen LogP contribution in [0.5, 0.6) is 0 Å². The molecule has 0 saturated carbocycles. The Morgan fingerprint density at radius 3 is 2.45 bits per heavy atom. The van der Waals surface area contributed by atoms with Crippen molar-refractivity contribution in [3.63, 3.8) is 0 Å². The van der Waals surface area contributed by atoms with Crippen LogP contribution in [-0.2, 0) is 0 Å². The van der Waals surface area contributed by atoms with Gasteiger partial charge in [0.05, 0.1) is 0 Å². The normalized spacial score (nSPS) is 13.4. The quantitative estimate of drug-likeness (QED) is 0.268. The molecule has 0 radical (unpaired) electrons. The predicted octanol–water partition coefficient (Wildman–Crippen LogP) is 2.05. The molecule has 0 aromatic rings. The number of allylic oxidation sites excluding steroid dienone is 3. The second-order valence-corrected chi connectivity index (χ2v) is 2.01. The van der Waals surface area contributed by atoms with Crippen LogP contribution < -0.4 is 0 Å². The summed E-state index contributed by atoms with van der Waals surface area (Å²) in [5, 5.41) is 16.2. The molecular weight excluding hydrogens is 138 g/mol. The van der Waals surface area contributed by atoms with Crippen LogP contribution in [0, 0.1) is 17.8 Å². The lowest BCUT2D eigenvalue weighted by Crippen LogP contribution is -1.92. The molecule has 0 aliphatic carbocycles. The van der Waals surface area contributed by atoms with E-state index in [2.05, 4.69) is 5.92 Å². The summed E-state index contributed by atoms with van der Waals surface area (Å²) in [5.41, 5.74) is 0.891. The van der Waals surface area contributed by atoms with Gasteiger partial charge in [0.25, 0.3) is 0 Å². The van der Waals surface area contributed by atoms with Gasteiger partial charge in [-0.05, 0) is 13.8 Å². The summed E-state index contributed by atoms with van der Waals surface area (Å²) in [6.07, 6.45) is 7.74. The maximum absolute atomic E-state index is 9.30. The van der Waals surface area contributed by atoms with Gasteiger partial charge in [0, 0.05) is 17.4 Å². The highest BCUT2D eigenvalue weighted by molar-refractivity contribution is 5.81. The lowest BCUT2D eigenvalue weighted by Gasteiger charge is -1.99. The summed E-state index contributed by atoms with van der Waals surface area (Å²) in [5.74, 6) is 2.30. The summed E-state index contributed by atoms with van der Waals surface area (Å²) >= 11 is 0. The molecule has 0 aromatic carbocycles. The van der Waals surface area contributed by atoms with Gasteiger partial charge >= 0.3 is 0 Å². The molecule has 58 valence electrons. The Bertz CT molecular complexity index is 253. The van der Waals surface area contributed by atoms with E-state index in [1.54, 1.807) is 19.9 Å². The smallest absolute Gasteiger partial charge is 0.135 e. The fraction of sp³-hybridized carbons (Fsp3) is 0.222. The van der Waals surface area contributed by atoms with Crippen molar-refractivity contribution in [2.45, 2.75) is 13.8 Å². The third-order valence-electron chi connectivity index (χ3n) is 1.31. The average Bonchev–Trinajstić information content (AvgIpc) is 2.05. The van der Waals surface area contributed by atoms with Gasteiger partial charge in [-0.25, -0.2) is 0 Å². The zero-order chi connectivity index (χ0) is 8.85. The first kappa shape index (κ1) is 9.51. The average molecular weight is 149 g/mol. The second kappa shape index (κ2) is 4.35. The molecule has 0 unspecified atom stereocenters. The highest BCUT2D eigenvalue weighted by Crippen LogP contribution is 2.08. The van der Waals surface area contributed by atoms with E-state index in [0.29, 0.717) is 11.1 Å². The standard InChI is InChI=1S/C9H11NO/c1-4-7(3)9(11)8(5-2)6-10/h1,5-6,10-11H,2-3H3/b8-5-,9-7-,10-6?. The zero-order valence-electron chi connectivity index (χ0n) is 6.68. The summed E-state index contributed by atoms with van der Waals surface area (Å²) in [4.78, 5) is 0. The van der Waals surface area contributed by atoms with E-state index in [-0.39, 0.29) is 5.76 Å². The Balaban J connectivity index is 4.90. The van der Waals surface area contributed by atoms with E-state index in [4.69, 9.17) is 11.8 Å². The Kier molecular flexibility index (Phi) is 3.76. The van der Waals surface area contributed by atoms with Crippen molar-refractivity contribution in [2.75, 3.05) is 0 Å². The van der Waals surface area contributed by atoms with Crippen LogP contribution in [-0.4, -0.2) is 11.3 Å². The minimum Gasteiger partial charge on any atom is -0.506 e. The molecule has 11 heavy (non-hydrogen) atoms. The zero-order valence-corrected chi connectivity index (χ0v) is 6.68. The van der Waals surface area contributed by atoms with Crippen LogP contribution in [0.15, 0.2) is 23.0 Å². The van der Waals surface area contributed by atoms with E-state index >= 15 is 0 Å². The molecule has 0 amide bonds. The fourth-order valence-corrected chi connectivity index (χ4v) is 0.573. The Morgan fingerprint density at radius 2 is 2.18 bits per heavy atom. The summed E-state index contributed by atoms with van der Waals surface area (Å²) in [6, 6.07) is 0. The molecule has 2 N–H and O–H groups in total. The van der Waals surface area contributed by atoms with Gasteiger partial charge in [-0.15, -0.1) is 6.42 Å². The van der Waals surface area contributed by atoms with Crippen LogP contribution in [0.25, 0.3) is 0 Å². The van der Waals surface area contributed by atoms with Gasteiger partial charge in [-0.1, -0.05) is 12.0 Å². The predicted molar refractivity (Wildman–Crippen MR) is 46.7 cm³/mol. The van der Waals surface area contributed by atoms with E-state index in [1.807, 2.05) is 0 Å². The minimum atomic E-state index is 0.00463. The molecule has 0 heterocycles. The second-order valence-electron chi connectivity index (χ2n) is 2.01. The van der Waals surface area contributed by atoms with Crippen molar-refractivity contribution in [1.82, 2.24) is 0 Å². The van der Waals surface area contributed by atoms with E-state index in [9.17, 15) is 5.11 Å². The monoisotopic (exact) mass is 149 g/mol. The third-order valence-corrected chi connectivity index (χ3v) is 1.31. The summed E-state index contributed by atoms with van der Waals surface area (Å²) in [7, 11) is 0. The van der Waals surface area contributed by atoms with Gasteiger partial charge in [0.1, 0.15) is 5.76 Å². The number of hydrogen-bond donors (Lipinski definition) is 2. The van der Waals surface area contributed by atoms with Gasteiger partial charge in [-0.3, -0.25) is 0 Å². The van der Waals surface area contributed by atoms with Crippen molar-refractivity contribution in [2.24, 2.45) is 0 Å². The number of aliphatic hydroxyl groups is 1. The van der Waals surface area contributed by atoms with Crippen molar-refractivity contribution in [3.05, 3.63) is 23.0 Å². The van der Waals surface area contributed by atoms with Crippen molar-refractivity contribution in [1.29, 1.82) is 5.41 Å². The molecular formula is C9H11NO. The number of rotatable bonds is 2. The van der Waals surface area contributed by atoms with Crippen LogP contribution in [0.4, 0.5) is 0 Å². The van der Waals surface area contributed by atoms with Crippen molar-refractivity contribution < 1.29 is 5.11 Å². The molecule has 0 saturated heterocycles. The Labute approximate surface area is 66.8 Å². The Hall–Kier alpha value is -1.49. The third kappa shape index (κ3) is 2.30. The largest absolute Gasteiger partial charge is 0.506 e. The highest BCUT2D eigenvalue weighted by atomic mass is 16.3. The SMILES string of the molecule is C#C/C(C)=C(O)/C(C=N)=C\C.